The SMILES string of the molecule is Cc1cc(C(C)(C)C)cc(C)c1N(c1ccc(C(C)(C)C)cc1)c1cccc(Br)c1.Cc1cc(C(C)(C)C)cc(C)c1Nc1ccc(C(C)(C)C)cc1.Cc1cccc(Br)c1. The van der Waals surface area contributed by atoms with Gasteiger partial charge in [0.15, 0.2) is 0 Å². The first-order valence-corrected chi connectivity index (χ1v) is 23.2. The number of anilines is 5. The predicted octanol–water partition coefficient (Wildman–Crippen LogP) is 18.5. The van der Waals surface area contributed by atoms with Gasteiger partial charge >= 0.3 is 0 Å². The van der Waals surface area contributed by atoms with Gasteiger partial charge in [0.2, 0.25) is 0 Å². The topological polar surface area (TPSA) is 15.3 Å². The van der Waals surface area contributed by atoms with Gasteiger partial charge in [0.05, 0.1) is 5.69 Å². The highest BCUT2D eigenvalue weighted by Crippen LogP contribution is 2.42. The highest BCUT2D eigenvalue weighted by atomic mass is 79.9. The second-order valence-electron chi connectivity index (χ2n) is 20.8. The first-order chi connectivity index (χ1) is 28.1. The van der Waals surface area contributed by atoms with Gasteiger partial charge < -0.3 is 10.2 Å². The number of nitrogens with one attached hydrogen (secondary N) is 1. The van der Waals surface area contributed by atoms with E-state index < -0.39 is 0 Å². The van der Waals surface area contributed by atoms with Crippen molar-refractivity contribution in [2.45, 2.75) is 139 Å². The van der Waals surface area contributed by atoms with E-state index in [9.17, 15) is 0 Å². The summed E-state index contributed by atoms with van der Waals surface area (Å²) >= 11 is 7.02. The lowest BCUT2D eigenvalue weighted by Gasteiger charge is -2.31. The summed E-state index contributed by atoms with van der Waals surface area (Å²) < 4.78 is 2.23. The Kier molecular flexibility index (Phi) is 16.2. The van der Waals surface area contributed by atoms with Crippen molar-refractivity contribution in [1.29, 1.82) is 0 Å². The zero-order valence-corrected chi connectivity index (χ0v) is 43.4. The molecular formula is C57H72Br2N2. The third-order valence-electron chi connectivity index (χ3n) is 11.0. The molecular weight excluding hydrogens is 872 g/mol. The van der Waals surface area contributed by atoms with Crippen LogP contribution < -0.4 is 10.2 Å². The molecule has 0 aliphatic rings. The second-order valence-corrected chi connectivity index (χ2v) is 22.6. The maximum absolute atomic E-state index is 3.66. The summed E-state index contributed by atoms with van der Waals surface area (Å²) in [5.41, 5.74) is 18.5. The van der Waals surface area contributed by atoms with Gasteiger partial charge in [0, 0.05) is 31.7 Å². The van der Waals surface area contributed by atoms with Crippen LogP contribution in [0.5, 0.6) is 0 Å². The van der Waals surface area contributed by atoms with E-state index in [0.29, 0.717) is 0 Å². The van der Waals surface area contributed by atoms with Gasteiger partial charge in [-0.3, -0.25) is 0 Å². The number of rotatable bonds is 5. The Morgan fingerprint density at radius 2 is 0.787 bits per heavy atom. The Bertz CT molecular complexity index is 2310. The van der Waals surface area contributed by atoms with Crippen LogP contribution in [-0.2, 0) is 21.7 Å². The second kappa shape index (κ2) is 19.9. The Morgan fingerprint density at radius 1 is 0.393 bits per heavy atom. The largest absolute Gasteiger partial charge is 0.355 e. The standard InChI is InChI=1S/C28H34BrN.C22H31N.C7H7Br/c1-19-16-22(28(6,7)8)17-20(2)26(19)30(25-11-9-10-23(29)18-25)24-14-12-21(13-15-24)27(3,4)5;1-15-13-18(22(6,7)8)14-16(2)20(15)23-19-11-9-17(10-12-19)21(3,4)5;1-6-3-2-4-7(8)5-6/h9-18H,1-8H3;9-14,23H,1-8H3;2-5H,1H3. The maximum Gasteiger partial charge on any atom is 0.0520 e. The lowest BCUT2D eigenvalue weighted by Crippen LogP contribution is -2.17. The fourth-order valence-corrected chi connectivity index (χ4v) is 8.17. The zero-order valence-electron chi connectivity index (χ0n) is 40.3. The van der Waals surface area contributed by atoms with E-state index >= 15 is 0 Å². The van der Waals surface area contributed by atoms with Crippen molar-refractivity contribution in [3.63, 3.8) is 0 Å². The number of halogens is 2. The van der Waals surface area contributed by atoms with Crippen LogP contribution >= 0.6 is 31.9 Å². The monoisotopic (exact) mass is 942 g/mol. The zero-order chi connectivity index (χ0) is 45.7. The van der Waals surface area contributed by atoms with E-state index in [4.69, 9.17) is 0 Å². The molecule has 6 aromatic carbocycles. The normalized spacial score (nSPS) is 11.9. The quantitative estimate of drug-likeness (QED) is 0.185. The molecule has 6 aromatic rings. The van der Waals surface area contributed by atoms with Gasteiger partial charge in [-0.25, -0.2) is 0 Å². The van der Waals surface area contributed by atoms with Gasteiger partial charge in [0.1, 0.15) is 0 Å². The summed E-state index contributed by atoms with van der Waals surface area (Å²) in [6, 6.07) is 43.9. The number of aryl methyl sites for hydroxylation is 5. The van der Waals surface area contributed by atoms with Crippen LogP contribution in [0.1, 0.15) is 133 Å². The first kappa shape index (κ1) is 49.5. The minimum atomic E-state index is 0.128. The van der Waals surface area contributed by atoms with Crippen LogP contribution in [-0.4, -0.2) is 0 Å². The Labute approximate surface area is 387 Å². The molecule has 0 spiro atoms. The van der Waals surface area contributed by atoms with E-state index in [2.05, 4.69) is 269 Å². The minimum Gasteiger partial charge on any atom is -0.355 e. The molecule has 0 saturated carbocycles. The Hall–Kier alpha value is -4.12. The molecule has 6 rings (SSSR count). The van der Waals surface area contributed by atoms with Gasteiger partial charge in [0.25, 0.3) is 0 Å². The van der Waals surface area contributed by atoms with Crippen molar-refractivity contribution in [2.75, 3.05) is 10.2 Å². The van der Waals surface area contributed by atoms with E-state index in [-0.39, 0.29) is 21.7 Å². The summed E-state index contributed by atoms with van der Waals surface area (Å²) in [5.74, 6) is 0. The van der Waals surface area contributed by atoms with Crippen molar-refractivity contribution in [1.82, 2.24) is 0 Å². The van der Waals surface area contributed by atoms with Crippen LogP contribution in [0.4, 0.5) is 28.4 Å². The van der Waals surface area contributed by atoms with Crippen molar-refractivity contribution in [2.24, 2.45) is 0 Å². The molecule has 0 bridgehead atoms. The van der Waals surface area contributed by atoms with Crippen molar-refractivity contribution in [3.8, 4) is 0 Å². The molecule has 4 heteroatoms. The Morgan fingerprint density at radius 3 is 1.16 bits per heavy atom. The van der Waals surface area contributed by atoms with Crippen LogP contribution in [0.15, 0.2) is 130 Å². The average molecular weight is 945 g/mol. The molecule has 0 radical (unpaired) electrons. The van der Waals surface area contributed by atoms with Crippen molar-refractivity contribution in [3.05, 3.63) is 180 Å². The van der Waals surface area contributed by atoms with Crippen LogP contribution in [0.25, 0.3) is 0 Å². The van der Waals surface area contributed by atoms with Gasteiger partial charge in [-0.05, 0) is 155 Å². The molecule has 2 nitrogen and oxygen atoms in total. The summed E-state index contributed by atoms with van der Waals surface area (Å²) in [7, 11) is 0. The smallest absolute Gasteiger partial charge is 0.0520 e. The van der Waals surface area contributed by atoms with E-state index in [1.54, 1.807) is 0 Å². The summed E-state index contributed by atoms with van der Waals surface area (Å²) in [5, 5.41) is 3.60. The average Bonchev–Trinajstić information content (AvgIpc) is 3.13. The summed E-state index contributed by atoms with van der Waals surface area (Å²) in [6.07, 6.45) is 0. The molecule has 0 aliphatic carbocycles. The molecule has 0 atom stereocenters. The summed E-state index contributed by atoms with van der Waals surface area (Å²) in [6.45, 7) is 38.0. The number of nitrogens with zero attached hydrogens (tertiary/aromatic N) is 1. The van der Waals surface area contributed by atoms with Gasteiger partial charge in [-0.2, -0.15) is 0 Å². The fraction of sp³-hybridized carbons (Fsp3) is 0.368. The van der Waals surface area contributed by atoms with Crippen molar-refractivity contribution < 1.29 is 0 Å². The van der Waals surface area contributed by atoms with E-state index in [0.717, 1.165) is 20.3 Å². The Balaban J connectivity index is 0.000000232. The molecule has 0 saturated heterocycles. The molecule has 61 heavy (non-hydrogen) atoms. The van der Waals surface area contributed by atoms with Gasteiger partial charge in [-0.1, -0.05) is 187 Å². The molecule has 0 amide bonds. The van der Waals surface area contributed by atoms with Crippen LogP contribution in [0.2, 0.25) is 0 Å². The van der Waals surface area contributed by atoms with Crippen molar-refractivity contribution >= 4 is 60.3 Å². The third kappa shape index (κ3) is 13.9. The van der Waals surface area contributed by atoms with E-state index in [1.807, 2.05) is 12.1 Å². The molecule has 0 fully saturated rings. The predicted molar refractivity (Wildman–Crippen MR) is 278 cm³/mol. The fourth-order valence-electron chi connectivity index (χ4n) is 7.27. The number of hydrogen-bond acceptors (Lipinski definition) is 2. The van der Waals surface area contributed by atoms with E-state index in [1.165, 1.54) is 67.1 Å². The lowest BCUT2D eigenvalue weighted by atomic mass is 9.84. The van der Waals surface area contributed by atoms with Gasteiger partial charge in [-0.15, -0.1) is 0 Å². The molecule has 0 aliphatic heterocycles. The lowest BCUT2D eigenvalue weighted by molar-refractivity contribution is 0.589. The molecule has 0 aromatic heterocycles. The number of benzene rings is 6. The van der Waals surface area contributed by atoms with Crippen LogP contribution in [0, 0.1) is 34.6 Å². The maximum atomic E-state index is 3.66. The summed E-state index contributed by atoms with van der Waals surface area (Å²) in [4.78, 5) is 2.38. The molecule has 0 unspecified atom stereocenters. The minimum absolute atomic E-state index is 0.128. The highest BCUT2D eigenvalue weighted by Gasteiger charge is 2.23. The van der Waals surface area contributed by atoms with Crippen LogP contribution in [0.3, 0.4) is 0 Å². The first-order valence-electron chi connectivity index (χ1n) is 21.6. The molecule has 1 N–H and O–H groups in total. The molecule has 324 valence electrons. The highest BCUT2D eigenvalue weighted by molar-refractivity contribution is 9.10. The number of hydrogen-bond donors (Lipinski definition) is 1. The molecule has 0 heterocycles. The third-order valence-corrected chi connectivity index (χ3v) is 12.0.